The Morgan fingerprint density at radius 1 is 1.16 bits per heavy atom. The van der Waals surface area contributed by atoms with Crippen LogP contribution in [0.1, 0.15) is 18.4 Å². The molecule has 3 aromatic rings. The molecule has 1 atom stereocenters. The maximum atomic E-state index is 12.8. The zero-order valence-corrected chi connectivity index (χ0v) is 18.2. The molecule has 1 unspecified atom stereocenters. The van der Waals surface area contributed by atoms with Crippen LogP contribution in [0.4, 0.5) is 5.82 Å². The van der Waals surface area contributed by atoms with Crippen LogP contribution < -0.4 is 15.0 Å². The van der Waals surface area contributed by atoms with Crippen molar-refractivity contribution >= 4 is 23.3 Å². The summed E-state index contributed by atoms with van der Waals surface area (Å²) < 4.78 is 5.23. The van der Waals surface area contributed by atoms with Crippen molar-refractivity contribution in [2.45, 2.75) is 19.4 Å². The van der Waals surface area contributed by atoms with Gasteiger partial charge >= 0.3 is 0 Å². The van der Waals surface area contributed by atoms with Gasteiger partial charge < -0.3 is 15.0 Å². The number of halogens is 1. The molecule has 31 heavy (non-hydrogen) atoms. The lowest BCUT2D eigenvalue weighted by Crippen LogP contribution is -2.43. The molecule has 0 bridgehead atoms. The molecule has 7 heteroatoms. The van der Waals surface area contributed by atoms with Crippen LogP contribution in [0.2, 0.25) is 5.02 Å². The van der Waals surface area contributed by atoms with Gasteiger partial charge in [-0.2, -0.15) is 0 Å². The van der Waals surface area contributed by atoms with Gasteiger partial charge in [-0.25, -0.2) is 9.97 Å². The summed E-state index contributed by atoms with van der Waals surface area (Å²) in [6.45, 7) is 2.02. The Labute approximate surface area is 187 Å². The number of nitrogens with zero attached hydrogens (tertiary/aromatic N) is 3. The highest BCUT2D eigenvalue weighted by Gasteiger charge is 2.26. The molecule has 0 aliphatic carbocycles. The fourth-order valence-corrected chi connectivity index (χ4v) is 3.90. The van der Waals surface area contributed by atoms with Gasteiger partial charge in [-0.1, -0.05) is 23.7 Å². The maximum Gasteiger partial charge on any atom is 0.225 e. The van der Waals surface area contributed by atoms with Gasteiger partial charge in [0.25, 0.3) is 0 Å². The number of nitrogens with one attached hydrogen (secondary N) is 1. The zero-order valence-electron chi connectivity index (χ0n) is 17.4. The van der Waals surface area contributed by atoms with Gasteiger partial charge in [0.2, 0.25) is 5.91 Å². The molecule has 0 saturated carbocycles. The van der Waals surface area contributed by atoms with Crippen molar-refractivity contribution in [1.82, 2.24) is 15.3 Å². The molecule has 160 valence electrons. The highest BCUT2D eigenvalue weighted by atomic mass is 35.5. The van der Waals surface area contributed by atoms with Crippen molar-refractivity contribution in [2.75, 3.05) is 25.1 Å². The van der Waals surface area contributed by atoms with Gasteiger partial charge in [-0.15, -0.1) is 0 Å². The average Bonchev–Trinajstić information content (AvgIpc) is 2.84. The molecular formula is C24H25ClN4O2. The van der Waals surface area contributed by atoms with Crippen LogP contribution in [0.3, 0.4) is 0 Å². The van der Waals surface area contributed by atoms with Crippen LogP contribution in [0.15, 0.2) is 60.9 Å². The van der Waals surface area contributed by atoms with Crippen molar-refractivity contribution in [3.63, 3.8) is 0 Å². The van der Waals surface area contributed by atoms with Crippen molar-refractivity contribution < 1.29 is 9.53 Å². The number of rotatable bonds is 6. The van der Waals surface area contributed by atoms with E-state index in [0.717, 1.165) is 47.8 Å². The van der Waals surface area contributed by atoms with E-state index in [1.807, 2.05) is 54.6 Å². The highest BCUT2D eigenvalue weighted by Crippen LogP contribution is 2.26. The molecule has 2 heterocycles. The summed E-state index contributed by atoms with van der Waals surface area (Å²) in [6, 6.07) is 17.3. The fourth-order valence-electron chi connectivity index (χ4n) is 3.77. The summed E-state index contributed by atoms with van der Waals surface area (Å²) >= 11 is 5.93. The summed E-state index contributed by atoms with van der Waals surface area (Å²) in [7, 11) is 1.65. The second-order valence-corrected chi connectivity index (χ2v) is 8.06. The number of aromatic nitrogens is 2. The van der Waals surface area contributed by atoms with Crippen molar-refractivity contribution in [3.05, 3.63) is 71.5 Å². The molecule has 1 N–H and O–H groups in total. The molecule has 1 aliphatic heterocycles. The molecule has 6 nitrogen and oxygen atoms in total. The predicted molar refractivity (Wildman–Crippen MR) is 122 cm³/mol. The Kier molecular flexibility index (Phi) is 6.67. The SMILES string of the molecule is COc1ccc(-c2cc(N3CCCC(C(=O)NCc4ccc(Cl)cc4)C3)ncn2)cc1. The molecule has 0 radical (unpaired) electrons. The zero-order chi connectivity index (χ0) is 21.6. The van der Waals surface area contributed by atoms with E-state index in [0.29, 0.717) is 18.1 Å². The number of carbonyl (C=O) groups is 1. The fraction of sp³-hybridized carbons (Fsp3) is 0.292. The highest BCUT2D eigenvalue weighted by molar-refractivity contribution is 6.30. The van der Waals surface area contributed by atoms with E-state index < -0.39 is 0 Å². The number of benzene rings is 2. The van der Waals surface area contributed by atoms with E-state index in [1.54, 1.807) is 13.4 Å². The number of methoxy groups -OCH3 is 1. The molecule has 1 aromatic heterocycles. The van der Waals surface area contributed by atoms with Gasteiger partial charge in [0, 0.05) is 36.3 Å². The molecule has 1 amide bonds. The lowest BCUT2D eigenvalue weighted by atomic mass is 9.97. The second kappa shape index (κ2) is 9.79. The number of hydrogen-bond acceptors (Lipinski definition) is 5. The van der Waals surface area contributed by atoms with Gasteiger partial charge in [-0.3, -0.25) is 4.79 Å². The largest absolute Gasteiger partial charge is 0.497 e. The van der Waals surface area contributed by atoms with Crippen LogP contribution in [-0.4, -0.2) is 36.1 Å². The first kappa shape index (κ1) is 21.1. The van der Waals surface area contributed by atoms with Crippen molar-refractivity contribution in [3.8, 4) is 17.0 Å². The van der Waals surface area contributed by atoms with Gasteiger partial charge in [-0.05, 0) is 54.8 Å². The van der Waals surface area contributed by atoms with Gasteiger partial charge in [0.15, 0.2) is 0 Å². The lowest BCUT2D eigenvalue weighted by molar-refractivity contribution is -0.125. The Bertz CT molecular complexity index is 1020. The smallest absolute Gasteiger partial charge is 0.225 e. The van der Waals surface area contributed by atoms with E-state index in [2.05, 4.69) is 20.2 Å². The van der Waals surface area contributed by atoms with E-state index in [1.165, 1.54) is 0 Å². The number of hydrogen-bond donors (Lipinski definition) is 1. The third-order valence-corrected chi connectivity index (χ3v) is 5.79. The van der Waals surface area contributed by atoms with Crippen LogP contribution in [0, 0.1) is 5.92 Å². The van der Waals surface area contributed by atoms with Crippen molar-refractivity contribution in [1.29, 1.82) is 0 Å². The Hall–Kier alpha value is -3.12. The van der Waals surface area contributed by atoms with E-state index >= 15 is 0 Å². The number of anilines is 1. The minimum absolute atomic E-state index is 0.0690. The number of amides is 1. The minimum Gasteiger partial charge on any atom is -0.497 e. The monoisotopic (exact) mass is 436 g/mol. The number of piperidine rings is 1. The normalized spacial score (nSPS) is 16.1. The topological polar surface area (TPSA) is 67.3 Å². The number of carbonyl (C=O) groups excluding carboxylic acids is 1. The Balaban J connectivity index is 1.40. The predicted octanol–water partition coefficient (Wildman–Crippen LogP) is 4.34. The van der Waals surface area contributed by atoms with E-state index in [-0.39, 0.29) is 11.8 Å². The molecule has 2 aromatic carbocycles. The van der Waals surface area contributed by atoms with Crippen LogP contribution in [0.25, 0.3) is 11.3 Å². The molecule has 0 spiro atoms. The summed E-state index contributed by atoms with van der Waals surface area (Å²) in [5.41, 5.74) is 2.88. The molecular weight excluding hydrogens is 412 g/mol. The quantitative estimate of drug-likeness (QED) is 0.622. The van der Waals surface area contributed by atoms with E-state index in [4.69, 9.17) is 16.3 Å². The second-order valence-electron chi connectivity index (χ2n) is 7.62. The Morgan fingerprint density at radius 2 is 1.94 bits per heavy atom. The number of ether oxygens (including phenoxy) is 1. The summed E-state index contributed by atoms with van der Waals surface area (Å²) in [4.78, 5) is 23.8. The van der Waals surface area contributed by atoms with Crippen LogP contribution >= 0.6 is 11.6 Å². The van der Waals surface area contributed by atoms with Crippen LogP contribution in [0.5, 0.6) is 5.75 Å². The minimum atomic E-state index is -0.0690. The lowest BCUT2D eigenvalue weighted by Gasteiger charge is -2.33. The first-order valence-corrected chi connectivity index (χ1v) is 10.7. The van der Waals surface area contributed by atoms with Crippen LogP contribution in [-0.2, 0) is 11.3 Å². The molecule has 4 rings (SSSR count). The molecule has 1 saturated heterocycles. The average molecular weight is 437 g/mol. The summed E-state index contributed by atoms with van der Waals surface area (Å²) in [6.07, 6.45) is 3.40. The molecule has 1 fully saturated rings. The van der Waals surface area contributed by atoms with Gasteiger partial charge in [0.1, 0.15) is 17.9 Å². The van der Waals surface area contributed by atoms with Crippen molar-refractivity contribution in [2.24, 2.45) is 5.92 Å². The first-order valence-electron chi connectivity index (χ1n) is 10.4. The van der Waals surface area contributed by atoms with E-state index in [9.17, 15) is 4.79 Å². The summed E-state index contributed by atoms with van der Waals surface area (Å²) in [5.74, 6) is 1.65. The third-order valence-electron chi connectivity index (χ3n) is 5.53. The molecule has 1 aliphatic rings. The van der Waals surface area contributed by atoms with Gasteiger partial charge in [0.05, 0.1) is 18.7 Å². The Morgan fingerprint density at radius 3 is 2.68 bits per heavy atom. The summed E-state index contributed by atoms with van der Waals surface area (Å²) in [5, 5.41) is 3.75. The maximum absolute atomic E-state index is 12.8. The first-order chi connectivity index (χ1) is 15.1. The standard InChI is InChI=1S/C24H25ClN4O2/c1-31-21-10-6-18(7-11-21)22-13-23(28-16-27-22)29-12-2-3-19(15-29)24(30)26-14-17-4-8-20(25)9-5-17/h4-11,13,16,19H,2-3,12,14-15H2,1H3,(H,26,30). The third kappa shape index (κ3) is 5.33.